The van der Waals surface area contributed by atoms with Crippen molar-refractivity contribution in [1.29, 1.82) is 0 Å². The van der Waals surface area contributed by atoms with E-state index in [9.17, 15) is 4.79 Å². The second kappa shape index (κ2) is 5.07. The van der Waals surface area contributed by atoms with Gasteiger partial charge in [0.1, 0.15) is 0 Å². The highest BCUT2D eigenvalue weighted by atomic mass is 16.7. The lowest BCUT2D eigenvalue weighted by Crippen LogP contribution is -2.47. The number of ether oxygens (including phenoxy) is 2. The summed E-state index contributed by atoms with van der Waals surface area (Å²) in [6, 6.07) is 5.55. The van der Waals surface area contributed by atoms with Crippen molar-refractivity contribution in [2.75, 3.05) is 32.0 Å². The number of hydrogen-bond acceptors (Lipinski definition) is 4. The number of piperidine rings is 1. The Hall–Kier alpha value is -1.59. The molecular formula is C15H20N2O3. The van der Waals surface area contributed by atoms with Crippen LogP contribution in [0.5, 0.6) is 0 Å². The van der Waals surface area contributed by atoms with Crippen LogP contribution in [0.25, 0.3) is 0 Å². The van der Waals surface area contributed by atoms with Gasteiger partial charge in [-0.25, -0.2) is 0 Å². The van der Waals surface area contributed by atoms with Crippen LogP contribution in [0.2, 0.25) is 0 Å². The first-order valence-corrected chi connectivity index (χ1v) is 7.03. The van der Waals surface area contributed by atoms with E-state index < -0.39 is 5.79 Å². The molecule has 1 aromatic rings. The molecule has 0 unspecified atom stereocenters. The second-order valence-electron chi connectivity index (χ2n) is 5.49. The molecule has 1 aromatic carbocycles. The number of benzene rings is 1. The number of rotatable bonds is 1. The molecule has 2 saturated heterocycles. The van der Waals surface area contributed by atoms with Crippen molar-refractivity contribution >= 4 is 11.6 Å². The van der Waals surface area contributed by atoms with Gasteiger partial charge in [-0.1, -0.05) is 11.6 Å². The molecule has 0 radical (unpaired) electrons. The van der Waals surface area contributed by atoms with Crippen molar-refractivity contribution in [2.45, 2.75) is 25.6 Å². The van der Waals surface area contributed by atoms with Crippen LogP contribution in [-0.4, -0.2) is 42.9 Å². The van der Waals surface area contributed by atoms with E-state index in [1.165, 1.54) is 0 Å². The molecule has 0 aliphatic carbocycles. The van der Waals surface area contributed by atoms with Gasteiger partial charge in [0, 0.05) is 31.6 Å². The molecule has 0 bridgehead atoms. The van der Waals surface area contributed by atoms with Crippen LogP contribution < -0.4 is 5.73 Å². The highest BCUT2D eigenvalue weighted by Crippen LogP contribution is 2.32. The van der Waals surface area contributed by atoms with Crippen LogP contribution in [0.1, 0.15) is 28.8 Å². The normalized spacial score (nSPS) is 21.4. The van der Waals surface area contributed by atoms with E-state index in [1.807, 2.05) is 24.0 Å². The Morgan fingerprint density at radius 2 is 1.90 bits per heavy atom. The minimum atomic E-state index is -0.449. The summed E-state index contributed by atoms with van der Waals surface area (Å²) in [5, 5.41) is 0. The maximum absolute atomic E-state index is 12.5. The predicted octanol–water partition coefficient (Wildman–Crippen LogP) is 1.56. The minimum absolute atomic E-state index is 0.000882. The summed E-state index contributed by atoms with van der Waals surface area (Å²) in [5.74, 6) is -0.450. The van der Waals surface area contributed by atoms with E-state index in [-0.39, 0.29) is 5.91 Å². The first kappa shape index (κ1) is 13.4. The van der Waals surface area contributed by atoms with Gasteiger partial charge >= 0.3 is 0 Å². The number of nitrogens with zero attached hydrogens (tertiary/aromatic N) is 1. The van der Waals surface area contributed by atoms with Gasteiger partial charge in [0.05, 0.1) is 18.8 Å². The zero-order valence-electron chi connectivity index (χ0n) is 11.7. The highest BCUT2D eigenvalue weighted by Gasteiger charge is 2.40. The SMILES string of the molecule is Cc1ccc(N)c(C(=O)N2CCC3(CC2)OCCO3)c1. The van der Waals surface area contributed by atoms with Crippen LogP contribution in [0.4, 0.5) is 5.69 Å². The number of carbonyl (C=O) groups is 1. The lowest BCUT2D eigenvalue weighted by atomic mass is 10.0. The van der Waals surface area contributed by atoms with Crippen molar-refractivity contribution in [3.8, 4) is 0 Å². The Balaban J connectivity index is 1.71. The summed E-state index contributed by atoms with van der Waals surface area (Å²) in [4.78, 5) is 14.4. The lowest BCUT2D eigenvalue weighted by Gasteiger charge is -2.37. The number of anilines is 1. The second-order valence-corrected chi connectivity index (χ2v) is 5.49. The van der Waals surface area contributed by atoms with Gasteiger partial charge in [-0.15, -0.1) is 0 Å². The van der Waals surface area contributed by atoms with Gasteiger partial charge in [0.15, 0.2) is 5.79 Å². The highest BCUT2D eigenvalue weighted by molar-refractivity contribution is 5.99. The fraction of sp³-hybridized carbons (Fsp3) is 0.533. The number of hydrogen-bond donors (Lipinski definition) is 1. The van der Waals surface area contributed by atoms with Gasteiger partial charge in [0.2, 0.25) is 0 Å². The summed E-state index contributed by atoms with van der Waals surface area (Å²) < 4.78 is 11.3. The van der Waals surface area contributed by atoms with Crippen molar-refractivity contribution < 1.29 is 14.3 Å². The van der Waals surface area contributed by atoms with E-state index in [0.717, 1.165) is 18.4 Å². The fourth-order valence-electron chi connectivity index (χ4n) is 2.86. The van der Waals surface area contributed by atoms with Crippen molar-refractivity contribution in [1.82, 2.24) is 4.90 Å². The van der Waals surface area contributed by atoms with Gasteiger partial charge in [-0.3, -0.25) is 4.79 Å². The topological polar surface area (TPSA) is 64.8 Å². The monoisotopic (exact) mass is 276 g/mol. The summed E-state index contributed by atoms with van der Waals surface area (Å²) in [5.41, 5.74) is 8.08. The summed E-state index contributed by atoms with van der Waals surface area (Å²) in [7, 11) is 0. The molecule has 108 valence electrons. The van der Waals surface area contributed by atoms with E-state index >= 15 is 0 Å². The fourth-order valence-corrected chi connectivity index (χ4v) is 2.86. The molecule has 5 nitrogen and oxygen atoms in total. The van der Waals surface area contributed by atoms with E-state index in [4.69, 9.17) is 15.2 Å². The molecule has 2 heterocycles. The molecule has 0 saturated carbocycles. The summed E-state index contributed by atoms with van der Waals surface area (Å²) in [6.07, 6.45) is 1.45. The van der Waals surface area contributed by atoms with Crippen molar-refractivity contribution in [2.24, 2.45) is 0 Å². The van der Waals surface area contributed by atoms with E-state index in [1.54, 1.807) is 6.07 Å². The molecule has 1 spiro atoms. The third kappa shape index (κ3) is 2.39. The summed E-state index contributed by atoms with van der Waals surface area (Å²) in [6.45, 7) is 4.55. The number of aryl methyl sites for hydroxylation is 1. The molecule has 5 heteroatoms. The van der Waals surface area contributed by atoms with Crippen LogP contribution in [-0.2, 0) is 9.47 Å². The number of nitrogen functional groups attached to an aromatic ring is 1. The predicted molar refractivity (Wildman–Crippen MR) is 75.4 cm³/mol. The molecular weight excluding hydrogens is 256 g/mol. The van der Waals surface area contributed by atoms with Crippen LogP contribution in [0, 0.1) is 6.92 Å². The van der Waals surface area contributed by atoms with Crippen molar-refractivity contribution in [3.63, 3.8) is 0 Å². The largest absolute Gasteiger partial charge is 0.398 e. The van der Waals surface area contributed by atoms with Gasteiger partial charge in [-0.05, 0) is 19.1 Å². The van der Waals surface area contributed by atoms with E-state index in [0.29, 0.717) is 37.6 Å². The first-order valence-electron chi connectivity index (χ1n) is 7.03. The maximum Gasteiger partial charge on any atom is 0.255 e. The molecule has 2 aliphatic rings. The van der Waals surface area contributed by atoms with Crippen LogP contribution >= 0.6 is 0 Å². The average molecular weight is 276 g/mol. The average Bonchev–Trinajstić information content (AvgIpc) is 2.90. The molecule has 0 atom stereocenters. The van der Waals surface area contributed by atoms with Crippen molar-refractivity contribution in [3.05, 3.63) is 29.3 Å². The minimum Gasteiger partial charge on any atom is -0.398 e. The molecule has 2 fully saturated rings. The third-order valence-electron chi connectivity index (χ3n) is 4.07. The maximum atomic E-state index is 12.5. The Morgan fingerprint density at radius 3 is 2.55 bits per heavy atom. The zero-order valence-corrected chi connectivity index (χ0v) is 11.7. The first-order chi connectivity index (χ1) is 9.60. The zero-order chi connectivity index (χ0) is 14.2. The van der Waals surface area contributed by atoms with Gasteiger partial charge < -0.3 is 20.1 Å². The quantitative estimate of drug-likeness (QED) is 0.791. The van der Waals surface area contributed by atoms with Gasteiger partial charge in [0.25, 0.3) is 5.91 Å². The summed E-state index contributed by atoms with van der Waals surface area (Å²) >= 11 is 0. The number of likely N-dealkylation sites (tertiary alicyclic amines) is 1. The smallest absolute Gasteiger partial charge is 0.255 e. The molecule has 0 aromatic heterocycles. The third-order valence-corrected chi connectivity index (χ3v) is 4.07. The van der Waals surface area contributed by atoms with E-state index in [2.05, 4.69) is 0 Å². The van der Waals surface area contributed by atoms with Gasteiger partial charge in [-0.2, -0.15) is 0 Å². The molecule has 3 rings (SSSR count). The van der Waals surface area contributed by atoms with Crippen LogP contribution in [0.3, 0.4) is 0 Å². The Kier molecular flexibility index (Phi) is 3.40. The lowest BCUT2D eigenvalue weighted by molar-refractivity contribution is -0.181. The molecule has 2 N–H and O–H groups in total. The molecule has 1 amide bonds. The Bertz CT molecular complexity index is 514. The Labute approximate surface area is 118 Å². The van der Waals surface area contributed by atoms with Crippen LogP contribution in [0.15, 0.2) is 18.2 Å². The molecule has 20 heavy (non-hydrogen) atoms. The number of amides is 1. The molecule has 2 aliphatic heterocycles. The number of carbonyl (C=O) groups excluding carboxylic acids is 1. The standard InChI is InChI=1S/C15H20N2O3/c1-11-2-3-13(16)12(10-11)14(18)17-6-4-15(5-7-17)19-8-9-20-15/h2-3,10H,4-9,16H2,1H3. The number of nitrogens with two attached hydrogens (primary N) is 1. The Morgan fingerprint density at radius 1 is 1.25 bits per heavy atom.